The number of benzene rings is 1. The monoisotopic (exact) mass is 478 g/mol. The molecule has 0 aliphatic heterocycles. The molecule has 6 nitrogen and oxygen atoms in total. The second kappa shape index (κ2) is 11.3. The van der Waals surface area contributed by atoms with E-state index in [1.807, 2.05) is 36.1 Å². The summed E-state index contributed by atoms with van der Waals surface area (Å²) in [6.07, 6.45) is 9.74. The van der Waals surface area contributed by atoms with Gasteiger partial charge in [-0.3, -0.25) is 9.80 Å². The van der Waals surface area contributed by atoms with Crippen LogP contribution in [0.5, 0.6) is 0 Å². The lowest BCUT2D eigenvalue weighted by atomic mass is 10.1. The highest BCUT2D eigenvalue weighted by molar-refractivity contribution is 7.19. The van der Waals surface area contributed by atoms with Crippen LogP contribution in [0.25, 0.3) is 10.1 Å². The van der Waals surface area contributed by atoms with E-state index in [-0.39, 0.29) is 6.04 Å². The van der Waals surface area contributed by atoms with Crippen LogP contribution < -0.4 is 0 Å². The average Bonchev–Trinajstić information content (AvgIpc) is 3.57. The first-order chi connectivity index (χ1) is 16.4. The van der Waals surface area contributed by atoms with Crippen molar-refractivity contribution >= 4 is 21.4 Å². The normalized spacial score (nSPS) is 13.2. The molecule has 3 aromatic heterocycles. The molecule has 0 bridgehead atoms. The summed E-state index contributed by atoms with van der Waals surface area (Å²) in [5.74, 6) is 1.94. The molecular formula is C27H38N6S. The molecule has 0 amide bonds. The number of hydrogen-bond donors (Lipinski definition) is 2. The second-order valence-corrected chi connectivity index (χ2v) is 10.9. The fraction of sp³-hybridized carbons (Fsp3) is 0.481. The first-order valence-corrected chi connectivity index (χ1v) is 13.2. The van der Waals surface area contributed by atoms with Crippen LogP contribution >= 0.6 is 11.3 Å². The van der Waals surface area contributed by atoms with Gasteiger partial charge in [-0.05, 0) is 83.2 Å². The molecule has 2 N–H and O–H groups in total. The van der Waals surface area contributed by atoms with Crippen molar-refractivity contribution in [2.45, 2.75) is 78.7 Å². The summed E-state index contributed by atoms with van der Waals surface area (Å²) < 4.78 is 1.37. The van der Waals surface area contributed by atoms with Crippen LogP contribution in [-0.2, 0) is 19.5 Å². The van der Waals surface area contributed by atoms with E-state index in [9.17, 15) is 0 Å². The van der Waals surface area contributed by atoms with E-state index in [2.05, 4.69) is 88.6 Å². The molecule has 3 heterocycles. The van der Waals surface area contributed by atoms with Gasteiger partial charge in [0.2, 0.25) is 0 Å². The maximum absolute atomic E-state index is 4.49. The Morgan fingerprint density at radius 2 is 1.68 bits per heavy atom. The molecule has 34 heavy (non-hydrogen) atoms. The number of thiophene rings is 1. The number of nitrogens with one attached hydrogen (secondary N) is 2. The summed E-state index contributed by atoms with van der Waals surface area (Å²) in [5.41, 5.74) is 1.31. The van der Waals surface area contributed by atoms with E-state index in [4.69, 9.17) is 0 Å². The Labute approximate surface area is 207 Å². The van der Waals surface area contributed by atoms with Gasteiger partial charge in [-0.2, -0.15) is 0 Å². The van der Waals surface area contributed by atoms with Crippen molar-refractivity contribution in [1.29, 1.82) is 0 Å². The lowest BCUT2D eigenvalue weighted by Crippen LogP contribution is -2.37. The predicted molar refractivity (Wildman–Crippen MR) is 142 cm³/mol. The summed E-state index contributed by atoms with van der Waals surface area (Å²) in [6, 6.07) is 10.6. The standard InChI is InChI=1S/C27H38N6S/c1-19(2)33(20(3)4)14-6-7-24-16-23-15-22(8-9-25(23)34-24)17-32(18-26-28-10-11-29-26)21(5)27-30-12-13-31-27/h8-13,15-16,19-21H,6-7,14,17-18H2,1-5H3,(H,28,29)(H,30,31). The molecule has 1 unspecified atom stereocenters. The molecule has 4 rings (SSSR count). The SMILES string of the molecule is CC(c1ncc[nH]1)N(Cc1ccc2sc(CCCN(C(C)C)C(C)C)cc2c1)Cc1ncc[nH]1. The van der Waals surface area contributed by atoms with E-state index in [1.54, 1.807) is 0 Å². The number of hydrogen-bond acceptors (Lipinski definition) is 5. The van der Waals surface area contributed by atoms with Gasteiger partial charge in [-0.25, -0.2) is 9.97 Å². The quantitative estimate of drug-likeness (QED) is 0.256. The molecular weight excluding hydrogens is 440 g/mol. The van der Waals surface area contributed by atoms with Crippen LogP contribution in [0.1, 0.15) is 69.2 Å². The third-order valence-electron chi connectivity index (χ3n) is 6.55. The van der Waals surface area contributed by atoms with E-state index < -0.39 is 0 Å². The van der Waals surface area contributed by atoms with Crippen LogP contribution in [0.4, 0.5) is 0 Å². The van der Waals surface area contributed by atoms with Crippen LogP contribution in [0, 0.1) is 0 Å². The van der Waals surface area contributed by atoms with E-state index >= 15 is 0 Å². The van der Waals surface area contributed by atoms with Crippen molar-refractivity contribution < 1.29 is 0 Å². The van der Waals surface area contributed by atoms with E-state index in [0.717, 1.165) is 37.7 Å². The minimum atomic E-state index is 0.152. The zero-order valence-electron chi connectivity index (χ0n) is 21.1. The summed E-state index contributed by atoms with van der Waals surface area (Å²) in [7, 11) is 0. The van der Waals surface area contributed by atoms with Crippen molar-refractivity contribution in [3.63, 3.8) is 0 Å². The number of imidazole rings is 2. The van der Waals surface area contributed by atoms with Gasteiger partial charge in [0.15, 0.2) is 0 Å². The summed E-state index contributed by atoms with van der Waals surface area (Å²) in [5, 5.41) is 1.35. The van der Waals surface area contributed by atoms with Crippen molar-refractivity contribution in [3.05, 3.63) is 71.1 Å². The summed E-state index contributed by atoms with van der Waals surface area (Å²) in [6.45, 7) is 14.1. The van der Waals surface area contributed by atoms with Gasteiger partial charge in [-0.1, -0.05) is 6.07 Å². The number of aryl methyl sites for hydroxylation is 1. The molecule has 0 saturated heterocycles. The van der Waals surface area contributed by atoms with Gasteiger partial charge < -0.3 is 9.97 Å². The van der Waals surface area contributed by atoms with E-state index in [1.165, 1.54) is 26.9 Å². The molecule has 0 aliphatic rings. The largest absolute Gasteiger partial charge is 0.348 e. The molecule has 0 fully saturated rings. The fourth-order valence-electron chi connectivity index (χ4n) is 4.74. The summed E-state index contributed by atoms with van der Waals surface area (Å²) >= 11 is 1.94. The van der Waals surface area contributed by atoms with Crippen LogP contribution in [0.15, 0.2) is 49.1 Å². The van der Waals surface area contributed by atoms with Gasteiger partial charge in [-0.15, -0.1) is 11.3 Å². The first kappa shape index (κ1) is 24.6. The lowest BCUT2D eigenvalue weighted by Gasteiger charge is -2.30. The summed E-state index contributed by atoms with van der Waals surface area (Å²) in [4.78, 5) is 21.9. The van der Waals surface area contributed by atoms with Crippen LogP contribution in [-0.4, -0.2) is 48.4 Å². The van der Waals surface area contributed by atoms with Gasteiger partial charge in [0.05, 0.1) is 12.6 Å². The van der Waals surface area contributed by atoms with Crippen molar-refractivity contribution in [3.8, 4) is 0 Å². The first-order valence-electron chi connectivity index (χ1n) is 12.4. The van der Waals surface area contributed by atoms with Crippen molar-refractivity contribution in [2.75, 3.05) is 6.54 Å². The van der Waals surface area contributed by atoms with Crippen molar-refractivity contribution in [2.24, 2.45) is 0 Å². The third kappa shape index (κ3) is 6.14. The van der Waals surface area contributed by atoms with Gasteiger partial charge >= 0.3 is 0 Å². The fourth-order valence-corrected chi connectivity index (χ4v) is 5.82. The smallest absolute Gasteiger partial charge is 0.123 e. The minimum Gasteiger partial charge on any atom is -0.348 e. The van der Waals surface area contributed by atoms with Crippen molar-refractivity contribution in [1.82, 2.24) is 29.7 Å². The minimum absolute atomic E-state index is 0.152. The van der Waals surface area contributed by atoms with E-state index in [0.29, 0.717) is 12.1 Å². The average molecular weight is 479 g/mol. The topological polar surface area (TPSA) is 63.8 Å². The maximum Gasteiger partial charge on any atom is 0.123 e. The number of fused-ring (bicyclic) bond motifs is 1. The molecule has 0 saturated carbocycles. The van der Waals surface area contributed by atoms with Gasteiger partial charge in [0.25, 0.3) is 0 Å². The molecule has 4 aromatic rings. The highest BCUT2D eigenvalue weighted by Crippen LogP contribution is 2.29. The number of rotatable bonds is 12. The Balaban J connectivity index is 1.45. The molecule has 7 heteroatoms. The second-order valence-electron chi connectivity index (χ2n) is 9.71. The maximum atomic E-state index is 4.49. The number of aromatic amines is 2. The lowest BCUT2D eigenvalue weighted by molar-refractivity contribution is 0.173. The molecule has 182 valence electrons. The van der Waals surface area contributed by atoms with Crippen LogP contribution in [0.2, 0.25) is 0 Å². The highest BCUT2D eigenvalue weighted by Gasteiger charge is 2.20. The Hall–Kier alpha value is -2.48. The highest BCUT2D eigenvalue weighted by atomic mass is 32.1. The van der Waals surface area contributed by atoms with Gasteiger partial charge in [0.1, 0.15) is 11.6 Å². The Morgan fingerprint density at radius 1 is 0.912 bits per heavy atom. The Morgan fingerprint density at radius 3 is 2.35 bits per heavy atom. The molecule has 0 aliphatic carbocycles. The zero-order valence-corrected chi connectivity index (χ0v) is 21.9. The molecule has 0 spiro atoms. The zero-order chi connectivity index (χ0) is 24.1. The number of H-pyrrole nitrogens is 2. The Bertz CT molecular complexity index is 1120. The molecule has 0 radical (unpaired) electrons. The third-order valence-corrected chi connectivity index (χ3v) is 7.73. The molecule has 1 atom stereocenters. The van der Waals surface area contributed by atoms with Crippen LogP contribution in [0.3, 0.4) is 0 Å². The number of aromatic nitrogens is 4. The molecule has 1 aromatic carbocycles. The van der Waals surface area contributed by atoms with Gasteiger partial charge in [0, 0.05) is 53.0 Å². The Kier molecular flexibility index (Phi) is 8.19. The number of nitrogens with zero attached hydrogens (tertiary/aromatic N) is 4. The predicted octanol–water partition coefficient (Wildman–Crippen LogP) is 6.16.